The second-order valence-corrected chi connectivity index (χ2v) is 5.62. The number of aliphatic carboxylic acids is 1. The molecule has 2 saturated heterocycles. The molecule has 0 saturated carbocycles. The normalized spacial score (nSPS) is 25.6. The maximum Gasteiger partial charge on any atom is 0.326 e. The van der Waals surface area contributed by atoms with Crippen molar-refractivity contribution in [1.29, 1.82) is 0 Å². The fraction of sp³-hybridized carbons (Fsp3) is 0.846. The molecule has 0 unspecified atom stereocenters. The standard InChI is InChI=1S/C13H23N3O3/c1-14-8-5-10(6-9-14)15(2)13(19)16-7-3-4-11(16)12(17)18/h10-11H,3-9H2,1-2H3,(H,17,18)/t11-/m1/s1. The largest absolute Gasteiger partial charge is 0.480 e. The number of hydrogen-bond acceptors (Lipinski definition) is 3. The molecule has 0 spiro atoms. The van der Waals surface area contributed by atoms with Crippen LogP contribution in [-0.4, -0.2) is 77.6 Å². The number of carboxylic acid groups (broad SMARTS) is 1. The van der Waals surface area contributed by atoms with Gasteiger partial charge in [-0.25, -0.2) is 9.59 Å². The van der Waals surface area contributed by atoms with Crippen LogP contribution in [-0.2, 0) is 4.79 Å². The molecule has 6 nitrogen and oxygen atoms in total. The van der Waals surface area contributed by atoms with Gasteiger partial charge in [-0.05, 0) is 45.8 Å². The van der Waals surface area contributed by atoms with Crippen molar-refractivity contribution in [2.45, 2.75) is 37.8 Å². The number of nitrogens with zero attached hydrogens (tertiary/aromatic N) is 3. The Balaban J connectivity index is 1.96. The molecular weight excluding hydrogens is 246 g/mol. The topological polar surface area (TPSA) is 64.1 Å². The molecule has 2 aliphatic heterocycles. The molecule has 2 amide bonds. The lowest BCUT2D eigenvalue weighted by molar-refractivity contribution is -0.141. The molecule has 0 aromatic carbocycles. The van der Waals surface area contributed by atoms with Crippen molar-refractivity contribution in [2.24, 2.45) is 0 Å². The molecule has 2 heterocycles. The van der Waals surface area contributed by atoms with Crippen LogP contribution in [0.3, 0.4) is 0 Å². The molecule has 0 aliphatic carbocycles. The van der Waals surface area contributed by atoms with E-state index in [-0.39, 0.29) is 12.1 Å². The molecule has 6 heteroatoms. The third-order valence-electron chi connectivity index (χ3n) is 4.32. The zero-order valence-corrected chi connectivity index (χ0v) is 11.7. The Morgan fingerprint density at radius 3 is 2.37 bits per heavy atom. The van der Waals surface area contributed by atoms with Gasteiger partial charge >= 0.3 is 12.0 Å². The first-order valence-corrected chi connectivity index (χ1v) is 6.95. The van der Waals surface area contributed by atoms with Crippen LogP contribution >= 0.6 is 0 Å². The van der Waals surface area contributed by atoms with Gasteiger partial charge in [0, 0.05) is 19.6 Å². The van der Waals surface area contributed by atoms with Gasteiger partial charge in [0.05, 0.1) is 0 Å². The lowest BCUT2D eigenvalue weighted by Gasteiger charge is -2.37. The van der Waals surface area contributed by atoms with Crippen molar-refractivity contribution in [1.82, 2.24) is 14.7 Å². The van der Waals surface area contributed by atoms with Gasteiger partial charge in [-0.2, -0.15) is 0 Å². The number of carboxylic acids is 1. The van der Waals surface area contributed by atoms with Gasteiger partial charge in [0.1, 0.15) is 6.04 Å². The second kappa shape index (κ2) is 5.77. The highest BCUT2D eigenvalue weighted by Crippen LogP contribution is 2.22. The van der Waals surface area contributed by atoms with Crippen LogP contribution in [0.4, 0.5) is 4.79 Å². The Kier molecular flexibility index (Phi) is 4.29. The van der Waals surface area contributed by atoms with Crippen molar-refractivity contribution in [3.05, 3.63) is 0 Å². The van der Waals surface area contributed by atoms with Gasteiger partial charge in [0.25, 0.3) is 0 Å². The van der Waals surface area contributed by atoms with E-state index in [1.807, 2.05) is 0 Å². The SMILES string of the molecule is CN1CCC(N(C)C(=O)N2CCC[C@@H]2C(=O)O)CC1. The fourth-order valence-corrected chi connectivity index (χ4v) is 2.99. The minimum atomic E-state index is -0.886. The number of amides is 2. The molecule has 19 heavy (non-hydrogen) atoms. The summed E-state index contributed by atoms with van der Waals surface area (Å²) < 4.78 is 0. The molecule has 1 atom stereocenters. The van der Waals surface area contributed by atoms with E-state index in [4.69, 9.17) is 5.11 Å². The first-order valence-electron chi connectivity index (χ1n) is 6.95. The number of hydrogen-bond donors (Lipinski definition) is 1. The quantitative estimate of drug-likeness (QED) is 0.801. The van der Waals surface area contributed by atoms with Crippen molar-refractivity contribution >= 4 is 12.0 Å². The Morgan fingerprint density at radius 1 is 1.16 bits per heavy atom. The summed E-state index contributed by atoms with van der Waals surface area (Å²) in [5.41, 5.74) is 0. The molecule has 0 aromatic rings. The highest BCUT2D eigenvalue weighted by molar-refractivity contribution is 5.83. The zero-order chi connectivity index (χ0) is 14.0. The number of carbonyl (C=O) groups excluding carboxylic acids is 1. The monoisotopic (exact) mass is 269 g/mol. The minimum Gasteiger partial charge on any atom is -0.480 e. The third-order valence-corrected chi connectivity index (χ3v) is 4.32. The van der Waals surface area contributed by atoms with Gasteiger partial charge in [0.2, 0.25) is 0 Å². The molecule has 0 aromatic heterocycles. The average molecular weight is 269 g/mol. The van der Waals surface area contributed by atoms with E-state index < -0.39 is 12.0 Å². The van der Waals surface area contributed by atoms with Crippen LogP contribution in [0.15, 0.2) is 0 Å². The van der Waals surface area contributed by atoms with Crippen LogP contribution in [0.2, 0.25) is 0 Å². The van der Waals surface area contributed by atoms with E-state index >= 15 is 0 Å². The molecule has 2 aliphatic rings. The van der Waals surface area contributed by atoms with E-state index in [1.165, 1.54) is 4.90 Å². The molecule has 2 fully saturated rings. The highest BCUT2D eigenvalue weighted by Gasteiger charge is 2.37. The van der Waals surface area contributed by atoms with Crippen molar-refractivity contribution in [3.8, 4) is 0 Å². The Hall–Kier alpha value is -1.30. The van der Waals surface area contributed by atoms with Gasteiger partial charge in [0.15, 0.2) is 0 Å². The van der Waals surface area contributed by atoms with E-state index in [1.54, 1.807) is 11.9 Å². The number of carbonyl (C=O) groups is 2. The minimum absolute atomic E-state index is 0.126. The second-order valence-electron chi connectivity index (χ2n) is 5.62. The number of rotatable bonds is 2. The average Bonchev–Trinajstić information content (AvgIpc) is 2.87. The maximum atomic E-state index is 12.4. The first-order chi connectivity index (χ1) is 9.00. The van der Waals surface area contributed by atoms with Crippen LogP contribution in [0.25, 0.3) is 0 Å². The predicted octanol–water partition coefficient (Wildman–Crippen LogP) is 0.681. The number of urea groups is 1. The van der Waals surface area contributed by atoms with Crippen LogP contribution < -0.4 is 0 Å². The van der Waals surface area contributed by atoms with Crippen molar-refractivity contribution in [2.75, 3.05) is 33.7 Å². The summed E-state index contributed by atoms with van der Waals surface area (Å²) in [5.74, 6) is -0.886. The first kappa shape index (κ1) is 14.1. The van der Waals surface area contributed by atoms with E-state index in [2.05, 4.69) is 11.9 Å². The van der Waals surface area contributed by atoms with Gasteiger partial charge in [-0.15, -0.1) is 0 Å². The highest BCUT2D eigenvalue weighted by atomic mass is 16.4. The number of piperidine rings is 1. The van der Waals surface area contributed by atoms with Crippen LogP contribution in [0.5, 0.6) is 0 Å². The van der Waals surface area contributed by atoms with Gasteiger partial charge in [-0.1, -0.05) is 0 Å². The molecule has 108 valence electrons. The molecular formula is C13H23N3O3. The summed E-state index contributed by atoms with van der Waals surface area (Å²) in [6.45, 7) is 2.54. The van der Waals surface area contributed by atoms with E-state index in [0.29, 0.717) is 13.0 Å². The van der Waals surface area contributed by atoms with E-state index in [9.17, 15) is 9.59 Å². The maximum absolute atomic E-state index is 12.4. The number of likely N-dealkylation sites (tertiary alicyclic amines) is 2. The summed E-state index contributed by atoms with van der Waals surface area (Å²) in [6.07, 6.45) is 3.28. The Morgan fingerprint density at radius 2 is 1.79 bits per heavy atom. The van der Waals surface area contributed by atoms with E-state index in [0.717, 1.165) is 32.4 Å². The molecule has 1 N–H and O–H groups in total. The molecule has 2 rings (SSSR count). The Bertz CT molecular complexity index is 353. The summed E-state index contributed by atoms with van der Waals surface area (Å²) in [7, 11) is 3.88. The van der Waals surface area contributed by atoms with Crippen LogP contribution in [0.1, 0.15) is 25.7 Å². The zero-order valence-electron chi connectivity index (χ0n) is 11.7. The summed E-state index contributed by atoms with van der Waals surface area (Å²) in [6, 6.07) is -0.528. The fourth-order valence-electron chi connectivity index (χ4n) is 2.99. The van der Waals surface area contributed by atoms with Gasteiger partial charge in [-0.3, -0.25) is 0 Å². The predicted molar refractivity (Wildman–Crippen MR) is 71.0 cm³/mol. The lowest BCUT2D eigenvalue weighted by Crippen LogP contribution is -2.52. The Labute approximate surface area is 114 Å². The lowest BCUT2D eigenvalue weighted by atomic mass is 10.0. The molecule has 0 bridgehead atoms. The van der Waals surface area contributed by atoms with Crippen LogP contribution in [0, 0.1) is 0 Å². The third kappa shape index (κ3) is 3.00. The summed E-state index contributed by atoms with van der Waals surface area (Å²) >= 11 is 0. The van der Waals surface area contributed by atoms with Crippen molar-refractivity contribution < 1.29 is 14.7 Å². The van der Waals surface area contributed by atoms with Gasteiger partial charge < -0.3 is 19.8 Å². The summed E-state index contributed by atoms with van der Waals surface area (Å²) in [5, 5.41) is 9.14. The van der Waals surface area contributed by atoms with Crippen molar-refractivity contribution in [3.63, 3.8) is 0 Å². The molecule has 0 radical (unpaired) electrons. The smallest absolute Gasteiger partial charge is 0.326 e. The summed E-state index contributed by atoms with van der Waals surface area (Å²) in [4.78, 5) is 29.1.